The van der Waals surface area contributed by atoms with Crippen LogP contribution in [-0.2, 0) is 0 Å². The number of para-hydroxylation sites is 1. The van der Waals surface area contributed by atoms with E-state index in [1.54, 1.807) is 12.3 Å². The Balaban J connectivity index is 1.99. The number of amides is 1. The molecule has 22 heavy (non-hydrogen) atoms. The molecule has 0 saturated carbocycles. The van der Waals surface area contributed by atoms with Gasteiger partial charge in [-0.3, -0.25) is 9.78 Å². The maximum absolute atomic E-state index is 12.4. The van der Waals surface area contributed by atoms with Crippen LogP contribution in [0.1, 0.15) is 10.5 Å². The van der Waals surface area contributed by atoms with Crippen LogP contribution < -0.4 is 5.32 Å². The minimum atomic E-state index is -0.485. The summed E-state index contributed by atoms with van der Waals surface area (Å²) in [6, 6.07) is 9.21. The van der Waals surface area contributed by atoms with Crippen molar-refractivity contribution in [2.45, 2.75) is 0 Å². The molecule has 110 valence electrons. The molecule has 0 aliphatic carbocycles. The molecule has 1 aromatic carbocycles. The van der Waals surface area contributed by atoms with Gasteiger partial charge in [0.25, 0.3) is 5.91 Å². The van der Waals surface area contributed by atoms with E-state index in [1.165, 1.54) is 6.20 Å². The van der Waals surface area contributed by atoms with E-state index < -0.39 is 5.91 Å². The highest BCUT2D eigenvalue weighted by Gasteiger charge is 2.18. The summed E-state index contributed by atoms with van der Waals surface area (Å²) in [6.07, 6.45) is 2.94. The summed E-state index contributed by atoms with van der Waals surface area (Å²) < 4.78 is 0. The van der Waals surface area contributed by atoms with Crippen LogP contribution in [0.3, 0.4) is 0 Å². The Hall–Kier alpha value is -1.88. The molecule has 0 atom stereocenters. The lowest BCUT2D eigenvalue weighted by Crippen LogP contribution is -2.15. The van der Waals surface area contributed by atoms with E-state index in [4.69, 9.17) is 34.8 Å². The Bertz CT molecular complexity index is 878. The largest absolute Gasteiger partial charge is 0.319 e. The molecule has 2 heterocycles. The number of aromatic nitrogens is 2. The number of carbonyl (C=O) groups excluding carboxylic acids is 1. The van der Waals surface area contributed by atoms with Gasteiger partial charge in [0.1, 0.15) is 5.69 Å². The van der Waals surface area contributed by atoms with Crippen LogP contribution in [0.15, 0.2) is 42.7 Å². The zero-order valence-corrected chi connectivity index (χ0v) is 13.2. The first-order chi connectivity index (χ1) is 10.6. The summed E-state index contributed by atoms with van der Waals surface area (Å²) in [5, 5.41) is 3.95. The predicted octanol–water partition coefficient (Wildman–Crippen LogP) is 4.84. The fourth-order valence-electron chi connectivity index (χ4n) is 1.99. The summed E-state index contributed by atoms with van der Waals surface area (Å²) in [5.41, 5.74) is 1.24. The van der Waals surface area contributed by atoms with Crippen molar-refractivity contribution in [3.05, 3.63) is 63.5 Å². The molecular formula is C15H8Cl3N3O. The van der Waals surface area contributed by atoms with Gasteiger partial charge < -0.3 is 5.32 Å². The average molecular weight is 353 g/mol. The van der Waals surface area contributed by atoms with E-state index in [1.807, 2.05) is 24.3 Å². The van der Waals surface area contributed by atoms with E-state index in [0.717, 1.165) is 5.39 Å². The lowest BCUT2D eigenvalue weighted by molar-refractivity contribution is 0.102. The monoisotopic (exact) mass is 351 g/mol. The first-order valence-electron chi connectivity index (χ1n) is 6.22. The van der Waals surface area contributed by atoms with Crippen molar-refractivity contribution in [3.63, 3.8) is 0 Å². The number of pyridine rings is 2. The molecule has 2 aromatic heterocycles. The number of benzene rings is 1. The van der Waals surface area contributed by atoms with Crippen LogP contribution in [0.2, 0.25) is 15.1 Å². The Morgan fingerprint density at radius 3 is 2.59 bits per heavy atom. The molecule has 0 saturated heterocycles. The third-order valence-electron chi connectivity index (χ3n) is 3.01. The SMILES string of the molecule is O=C(Nc1cccc2cccnc12)c1ncc(Cl)c(Cl)c1Cl. The molecule has 0 aliphatic heterocycles. The molecule has 7 heteroatoms. The Morgan fingerprint density at radius 2 is 1.77 bits per heavy atom. The summed E-state index contributed by atoms with van der Waals surface area (Å²) in [7, 11) is 0. The van der Waals surface area contributed by atoms with Crippen molar-refractivity contribution in [2.75, 3.05) is 5.32 Å². The molecule has 0 spiro atoms. The van der Waals surface area contributed by atoms with Crippen molar-refractivity contribution in [1.82, 2.24) is 9.97 Å². The number of fused-ring (bicyclic) bond motifs is 1. The fraction of sp³-hybridized carbons (Fsp3) is 0. The number of nitrogens with one attached hydrogen (secondary N) is 1. The van der Waals surface area contributed by atoms with Gasteiger partial charge in [0.2, 0.25) is 0 Å². The van der Waals surface area contributed by atoms with E-state index in [-0.39, 0.29) is 20.8 Å². The van der Waals surface area contributed by atoms with Crippen LogP contribution in [0.4, 0.5) is 5.69 Å². The number of carbonyl (C=O) groups is 1. The number of anilines is 1. The summed E-state index contributed by atoms with van der Waals surface area (Å²) in [5.74, 6) is -0.485. The summed E-state index contributed by atoms with van der Waals surface area (Å²) >= 11 is 17.8. The molecule has 0 bridgehead atoms. The minimum absolute atomic E-state index is 0.00370. The van der Waals surface area contributed by atoms with Crippen LogP contribution in [-0.4, -0.2) is 15.9 Å². The number of hydrogen-bond donors (Lipinski definition) is 1. The molecule has 4 nitrogen and oxygen atoms in total. The maximum Gasteiger partial charge on any atom is 0.275 e. The van der Waals surface area contributed by atoms with Crippen molar-refractivity contribution >= 4 is 57.3 Å². The average Bonchev–Trinajstić information content (AvgIpc) is 2.53. The van der Waals surface area contributed by atoms with Crippen molar-refractivity contribution in [3.8, 4) is 0 Å². The number of rotatable bonds is 2. The first-order valence-corrected chi connectivity index (χ1v) is 7.36. The molecule has 1 amide bonds. The molecule has 1 N–H and O–H groups in total. The van der Waals surface area contributed by atoms with E-state index in [0.29, 0.717) is 11.2 Å². The lowest BCUT2D eigenvalue weighted by Gasteiger charge is -2.09. The number of nitrogens with zero attached hydrogens (tertiary/aromatic N) is 2. The molecule has 0 radical (unpaired) electrons. The van der Waals surface area contributed by atoms with Gasteiger partial charge in [-0.1, -0.05) is 53.0 Å². The normalized spacial score (nSPS) is 10.7. The molecule has 3 rings (SSSR count). The fourth-order valence-corrected chi connectivity index (χ4v) is 2.55. The van der Waals surface area contributed by atoms with Gasteiger partial charge in [-0.25, -0.2) is 4.98 Å². The van der Waals surface area contributed by atoms with Gasteiger partial charge in [0.05, 0.1) is 26.3 Å². The second-order valence-electron chi connectivity index (χ2n) is 4.42. The van der Waals surface area contributed by atoms with Crippen molar-refractivity contribution in [1.29, 1.82) is 0 Å². The van der Waals surface area contributed by atoms with Gasteiger partial charge in [0, 0.05) is 17.8 Å². The van der Waals surface area contributed by atoms with E-state index in [2.05, 4.69) is 15.3 Å². The molecule has 3 aromatic rings. The Kier molecular flexibility index (Phi) is 4.16. The summed E-state index contributed by atoms with van der Waals surface area (Å²) in [6.45, 7) is 0. The standard InChI is InChI=1S/C15H8Cl3N3O/c16-9-7-20-14(12(18)11(9)17)15(22)21-10-5-1-3-8-4-2-6-19-13(8)10/h1-7H,(H,21,22). The Labute approximate surface area is 141 Å². The third-order valence-corrected chi connectivity index (χ3v) is 4.25. The topological polar surface area (TPSA) is 54.9 Å². The van der Waals surface area contributed by atoms with Gasteiger partial charge in [-0.15, -0.1) is 0 Å². The third kappa shape index (κ3) is 2.73. The maximum atomic E-state index is 12.4. The Morgan fingerprint density at radius 1 is 1.00 bits per heavy atom. The second kappa shape index (κ2) is 6.08. The highest BCUT2D eigenvalue weighted by atomic mass is 35.5. The van der Waals surface area contributed by atoms with E-state index in [9.17, 15) is 4.79 Å². The lowest BCUT2D eigenvalue weighted by atomic mass is 10.2. The van der Waals surface area contributed by atoms with Crippen molar-refractivity contribution < 1.29 is 4.79 Å². The van der Waals surface area contributed by atoms with Crippen LogP contribution >= 0.6 is 34.8 Å². The molecule has 0 unspecified atom stereocenters. The van der Waals surface area contributed by atoms with Crippen LogP contribution in [0.5, 0.6) is 0 Å². The highest BCUT2D eigenvalue weighted by molar-refractivity contribution is 6.49. The van der Waals surface area contributed by atoms with Gasteiger partial charge >= 0.3 is 0 Å². The molecular weight excluding hydrogens is 345 g/mol. The molecule has 0 fully saturated rings. The van der Waals surface area contributed by atoms with Crippen LogP contribution in [0, 0.1) is 0 Å². The highest BCUT2D eigenvalue weighted by Crippen LogP contribution is 2.31. The molecule has 0 aliphatic rings. The summed E-state index contributed by atoms with van der Waals surface area (Å²) in [4.78, 5) is 20.6. The zero-order chi connectivity index (χ0) is 15.7. The quantitative estimate of drug-likeness (QED) is 0.718. The van der Waals surface area contributed by atoms with E-state index >= 15 is 0 Å². The zero-order valence-electron chi connectivity index (χ0n) is 11.0. The van der Waals surface area contributed by atoms with Gasteiger partial charge in [0.15, 0.2) is 0 Å². The number of halogens is 3. The van der Waals surface area contributed by atoms with Gasteiger partial charge in [-0.05, 0) is 12.1 Å². The van der Waals surface area contributed by atoms with Crippen LogP contribution in [0.25, 0.3) is 10.9 Å². The number of hydrogen-bond acceptors (Lipinski definition) is 3. The minimum Gasteiger partial charge on any atom is -0.319 e. The second-order valence-corrected chi connectivity index (χ2v) is 5.58. The predicted molar refractivity (Wildman–Crippen MR) is 89.0 cm³/mol. The van der Waals surface area contributed by atoms with Crippen molar-refractivity contribution in [2.24, 2.45) is 0 Å². The van der Waals surface area contributed by atoms with Gasteiger partial charge in [-0.2, -0.15) is 0 Å². The first kappa shape index (κ1) is 15.0. The smallest absolute Gasteiger partial charge is 0.275 e.